The maximum absolute atomic E-state index is 6.11. The first kappa shape index (κ1) is 15.6. The minimum Gasteiger partial charge on any atom is -0.369 e. The third kappa shape index (κ3) is 3.73. The first-order valence-electron chi connectivity index (χ1n) is 8.24. The van der Waals surface area contributed by atoms with E-state index in [2.05, 4.69) is 41.0 Å². The third-order valence-corrected chi connectivity index (χ3v) is 4.59. The highest BCUT2D eigenvalue weighted by molar-refractivity contribution is 5.80. The number of nitrogens with zero attached hydrogens (tertiary/aromatic N) is 3. The van der Waals surface area contributed by atoms with Crippen molar-refractivity contribution in [3.8, 4) is 0 Å². The molecule has 0 radical (unpaired) electrons. The van der Waals surface area contributed by atoms with Crippen LogP contribution in [0.15, 0.2) is 45.9 Å². The quantitative estimate of drug-likeness (QED) is 0.695. The second-order valence-corrected chi connectivity index (χ2v) is 6.36. The Balaban J connectivity index is 1.70. The van der Waals surface area contributed by atoms with E-state index in [1.165, 1.54) is 5.56 Å². The summed E-state index contributed by atoms with van der Waals surface area (Å²) in [5, 5.41) is 4.15. The highest BCUT2D eigenvalue weighted by Gasteiger charge is 2.18. The summed E-state index contributed by atoms with van der Waals surface area (Å²) in [5.41, 5.74) is 8.18. The second kappa shape index (κ2) is 6.86. The number of hydrogen-bond acceptors (Lipinski definition) is 3. The largest absolute Gasteiger partial charge is 0.369 e. The van der Waals surface area contributed by atoms with Crippen LogP contribution in [0.3, 0.4) is 0 Å². The maximum Gasteiger partial charge on any atom is 0.253 e. The molecule has 5 heteroatoms. The molecule has 2 heterocycles. The Morgan fingerprint density at radius 1 is 1.30 bits per heavy atom. The van der Waals surface area contributed by atoms with E-state index >= 15 is 0 Å². The van der Waals surface area contributed by atoms with Crippen LogP contribution in [-0.4, -0.2) is 29.1 Å². The van der Waals surface area contributed by atoms with Crippen LogP contribution in [0.25, 0.3) is 0 Å². The van der Waals surface area contributed by atoms with Gasteiger partial charge in [0.2, 0.25) is 0 Å². The van der Waals surface area contributed by atoms with Crippen LogP contribution in [0.1, 0.15) is 43.9 Å². The van der Waals surface area contributed by atoms with Crippen LogP contribution in [-0.2, 0) is 0 Å². The van der Waals surface area contributed by atoms with Gasteiger partial charge in [-0.2, -0.15) is 4.99 Å². The molecule has 0 bridgehead atoms. The first-order valence-corrected chi connectivity index (χ1v) is 8.24. The lowest BCUT2D eigenvalue weighted by molar-refractivity contribution is 0.278. The Bertz CT molecular complexity index is 657. The molecule has 5 nitrogen and oxygen atoms in total. The number of guanidine groups is 1. The highest BCUT2D eigenvalue weighted by Crippen LogP contribution is 2.26. The van der Waals surface area contributed by atoms with Crippen LogP contribution in [0.4, 0.5) is 5.88 Å². The first-order chi connectivity index (χ1) is 11.1. The van der Waals surface area contributed by atoms with Gasteiger partial charge in [-0.05, 0) is 24.3 Å². The predicted octanol–water partition coefficient (Wildman–Crippen LogP) is 3.50. The summed E-state index contributed by atoms with van der Waals surface area (Å²) in [5.74, 6) is 1.93. The van der Waals surface area contributed by atoms with Crippen molar-refractivity contribution in [1.29, 1.82) is 0 Å². The van der Waals surface area contributed by atoms with Gasteiger partial charge in [0.15, 0.2) is 5.96 Å². The molecule has 1 aromatic heterocycles. The number of aromatic nitrogens is 1. The number of nitrogens with two attached hydrogens (primary N) is 1. The molecule has 1 saturated heterocycles. The summed E-state index contributed by atoms with van der Waals surface area (Å²) in [6, 6.07) is 12.1. The van der Waals surface area contributed by atoms with Gasteiger partial charge in [-0.15, -0.1) is 0 Å². The topological polar surface area (TPSA) is 67.7 Å². The van der Waals surface area contributed by atoms with E-state index in [4.69, 9.17) is 10.3 Å². The zero-order valence-corrected chi connectivity index (χ0v) is 13.8. The van der Waals surface area contributed by atoms with Crippen LogP contribution >= 0.6 is 0 Å². The van der Waals surface area contributed by atoms with Crippen molar-refractivity contribution in [2.75, 3.05) is 13.1 Å². The van der Waals surface area contributed by atoms with E-state index in [1.54, 1.807) is 0 Å². The lowest BCUT2D eigenvalue weighted by Gasteiger charge is -2.30. The number of benzene rings is 1. The molecule has 122 valence electrons. The molecule has 0 saturated carbocycles. The Kier molecular flexibility index (Phi) is 4.65. The molecule has 1 atom stereocenters. The summed E-state index contributed by atoms with van der Waals surface area (Å²) < 4.78 is 5.35. The summed E-state index contributed by atoms with van der Waals surface area (Å²) in [6.45, 7) is 6.30. The van der Waals surface area contributed by atoms with Crippen molar-refractivity contribution < 1.29 is 4.52 Å². The van der Waals surface area contributed by atoms with Crippen molar-refractivity contribution in [3.05, 3.63) is 47.7 Å². The molecule has 1 aromatic carbocycles. The molecule has 0 amide bonds. The lowest BCUT2D eigenvalue weighted by atomic mass is 9.98. The standard InChI is InChI=1S/C18H24N4O/c1-13-8-10-22(11-9-13)18(19)20-17-12-16(21-23-17)14(2)15-6-4-3-5-7-15/h3-7,12-14H,8-11H2,1-2H3,(H2,19,20). The Morgan fingerprint density at radius 2 is 2.00 bits per heavy atom. The van der Waals surface area contributed by atoms with Crippen molar-refractivity contribution in [2.45, 2.75) is 32.6 Å². The molecule has 2 N–H and O–H groups in total. The van der Waals surface area contributed by atoms with E-state index in [0.717, 1.165) is 37.5 Å². The van der Waals surface area contributed by atoms with Gasteiger partial charge in [0.05, 0.1) is 5.69 Å². The molecule has 3 rings (SSSR count). The van der Waals surface area contributed by atoms with E-state index in [-0.39, 0.29) is 5.92 Å². The lowest BCUT2D eigenvalue weighted by Crippen LogP contribution is -2.42. The fourth-order valence-corrected chi connectivity index (χ4v) is 2.87. The van der Waals surface area contributed by atoms with Gasteiger partial charge < -0.3 is 15.2 Å². The van der Waals surface area contributed by atoms with Gasteiger partial charge in [-0.1, -0.05) is 49.3 Å². The molecule has 1 aliphatic heterocycles. The van der Waals surface area contributed by atoms with E-state index in [9.17, 15) is 0 Å². The maximum atomic E-state index is 6.11. The van der Waals surface area contributed by atoms with Crippen LogP contribution in [0, 0.1) is 5.92 Å². The molecule has 23 heavy (non-hydrogen) atoms. The Morgan fingerprint density at radius 3 is 2.70 bits per heavy atom. The van der Waals surface area contributed by atoms with Gasteiger partial charge in [0, 0.05) is 25.1 Å². The third-order valence-electron chi connectivity index (χ3n) is 4.59. The zero-order valence-electron chi connectivity index (χ0n) is 13.8. The van der Waals surface area contributed by atoms with Crippen molar-refractivity contribution in [2.24, 2.45) is 16.6 Å². The number of aliphatic imine (C=N–C) groups is 1. The molecule has 1 unspecified atom stereocenters. The average Bonchev–Trinajstić information content (AvgIpc) is 3.04. The smallest absolute Gasteiger partial charge is 0.253 e. The fourth-order valence-electron chi connectivity index (χ4n) is 2.87. The van der Waals surface area contributed by atoms with Gasteiger partial charge in [0.1, 0.15) is 0 Å². The summed E-state index contributed by atoms with van der Waals surface area (Å²) >= 11 is 0. The van der Waals surface area contributed by atoms with E-state index < -0.39 is 0 Å². The predicted molar refractivity (Wildman–Crippen MR) is 91.7 cm³/mol. The van der Waals surface area contributed by atoms with Crippen LogP contribution < -0.4 is 5.73 Å². The van der Waals surface area contributed by atoms with E-state index in [1.807, 2.05) is 24.3 Å². The fraction of sp³-hybridized carbons (Fsp3) is 0.444. The van der Waals surface area contributed by atoms with Gasteiger partial charge in [-0.25, -0.2) is 0 Å². The monoisotopic (exact) mass is 312 g/mol. The summed E-state index contributed by atoms with van der Waals surface area (Å²) in [6.07, 6.45) is 2.31. The molecule has 2 aromatic rings. The number of likely N-dealkylation sites (tertiary alicyclic amines) is 1. The Labute approximate surface area is 137 Å². The molecular formula is C18H24N4O. The minimum atomic E-state index is 0.168. The minimum absolute atomic E-state index is 0.168. The Hall–Kier alpha value is -2.30. The van der Waals surface area contributed by atoms with Crippen LogP contribution in [0.5, 0.6) is 0 Å². The molecule has 0 aliphatic carbocycles. The summed E-state index contributed by atoms with van der Waals surface area (Å²) in [4.78, 5) is 6.51. The van der Waals surface area contributed by atoms with Gasteiger partial charge in [0.25, 0.3) is 5.88 Å². The number of hydrogen-bond donors (Lipinski definition) is 1. The molecular weight excluding hydrogens is 288 g/mol. The van der Waals surface area contributed by atoms with Crippen molar-refractivity contribution in [3.63, 3.8) is 0 Å². The van der Waals surface area contributed by atoms with Gasteiger partial charge >= 0.3 is 0 Å². The molecule has 0 spiro atoms. The highest BCUT2D eigenvalue weighted by atomic mass is 16.5. The SMILES string of the molecule is CC1CCN(C(N)=Nc2cc(C(C)c3ccccc3)no2)CC1. The zero-order chi connectivity index (χ0) is 16.2. The van der Waals surface area contributed by atoms with Crippen LogP contribution in [0.2, 0.25) is 0 Å². The van der Waals surface area contributed by atoms with Gasteiger partial charge in [-0.3, -0.25) is 0 Å². The van der Waals surface area contributed by atoms with E-state index in [0.29, 0.717) is 11.8 Å². The summed E-state index contributed by atoms with van der Waals surface area (Å²) in [7, 11) is 0. The second-order valence-electron chi connectivity index (χ2n) is 6.36. The number of rotatable bonds is 3. The normalized spacial score (nSPS) is 18.2. The molecule has 1 fully saturated rings. The van der Waals surface area contributed by atoms with Crippen molar-refractivity contribution in [1.82, 2.24) is 10.1 Å². The van der Waals surface area contributed by atoms with Crippen molar-refractivity contribution >= 4 is 11.8 Å². The average molecular weight is 312 g/mol. The molecule has 1 aliphatic rings. The number of piperidine rings is 1.